The molecule has 0 saturated heterocycles. The highest BCUT2D eigenvalue weighted by molar-refractivity contribution is 5.89. The molecule has 0 amide bonds. The van der Waals surface area contributed by atoms with Gasteiger partial charge in [0.2, 0.25) is 0 Å². The summed E-state index contributed by atoms with van der Waals surface area (Å²) < 4.78 is 6.41. The van der Waals surface area contributed by atoms with Crippen LogP contribution in [0.25, 0.3) is 22.0 Å². The molecule has 5 heteroatoms. The highest BCUT2D eigenvalue weighted by Crippen LogP contribution is 2.29. The number of pyridine rings is 1. The van der Waals surface area contributed by atoms with Crippen LogP contribution in [0.4, 0.5) is 0 Å². The Bertz CT molecular complexity index is 1170. The minimum absolute atomic E-state index is 0.0741. The van der Waals surface area contributed by atoms with Crippen molar-refractivity contribution in [2.24, 2.45) is 0 Å². The predicted octanol–water partition coefficient (Wildman–Crippen LogP) is 4.01. The number of methoxy groups -OCH3 is 1. The van der Waals surface area contributed by atoms with Crippen molar-refractivity contribution in [2.45, 2.75) is 6.61 Å². The Morgan fingerprint density at radius 1 is 0.893 bits per heavy atom. The molecule has 0 saturated carbocycles. The summed E-state index contributed by atoms with van der Waals surface area (Å²) in [5.74, 6) is 0.699. The first-order valence-corrected chi connectivity index (χ1v) is 8.86. The highest BCUT2D eigenvalue weighted by Gasteiger charge is 2.11. The van der Waals surface area contributed by atoms with Crippen LogP contribution < -0.4 is 15.1 Å². The van der Waals surface area contributed by atoms with Crippen LogP contribution in [0.1, 0.15) is 5.56 Å². The van der Waals surface area contributed by atoms with Crippen molar-refractivity contribution < 1.29 is 14.7 Å². The zero-order valence-electron chi connectivity index (χ0n) is 15.3. The lowest BCUT2D eigenvalue weighted by atomic mass is 10.0. The summed E-state index contributed by atoms with van der Waals surface area (Å²) in [7, 11) is 1.62. The topological polar surface area (TPSA) is 60.7 Å². The van der Waals surface area contributed by atoms with Crippen molar-refractivity contribution in [1.29, 1.82) is 0 Å². The average molecular weight is 373 g/mol. The molecule has 4 rings (SSSR count). The SMILES string of the molecule is COc1ccc(-c2ccc3c(c2)c(O)cc(=O)n3OCc2ccccc2)cc1. The molecule has 0 aliphatic carbocycles. The van der Waals surface area contributed by atoms with Gasteiger partial charge in [0, 0.05) is 11.5 Å². The summed E-state index contributed by atoms with van der Waals surface area (Å²) in [5, 5.41) is 10.9. The fourth-order valence-electron chi connectivity index (χ4n) is 3.10. The van der Waals surface area contributed by atoms with Crippen molar-refractivity contribution in [3.8, 4) is 22.6 Å². The third kappa shape index (κ3) is 3.42. The Labute approximate surface area is 162 Å². The second kappa shape index (κ2) is 7.48. The minimum atomic E-state index is -0.418. The zero-order valence-corrected chi connectivity index (χ0v) is 15.3. The summed E-state index contributed by atoms with van der Waals surface area (Å²) in [5.41, 5.74) is 2.94. The largest absolute Gasteiger partial charge is 0.507 e. The third-order valence-corrected chi connectivity index (χ3v) is 4.58. The van der Waals surface area contributed by atoms with Crippen molar-refractivity contribution in [3.63, 3.8) is 0 Å². The van der Waals surface area contributed by atoms with Crippen molar-refractivity contribution in [3.05, 3.63) is 94.8 Å². The van der Waals surface area contributed by atoms with E-state index in [-0.39, 0.29) is 12.4 Å². The van der Waals surface area contributed by atoms with Gasteiger partial charge in [-0.1, -0.05) is 48.5 Å². The fraction of sp³-hybridized carbons (Fsp3) is 0.0870. The van der Waals surface area contributed by atoms with Gasteiger partial charge in [-0.3, -0.25) is 4.79 Å². The maximum Gasteiger partial charge on any atom is 0.287 e. The summed E-state index contributed by atoms with van der Waals surface area (Å²) in [6.45, 7) is 0.251. The number of rotatable bonds is 5. The van der Waals surface area contributed by atoms with Crippen LogP contribution in [0.15, 0.2) is 83.7 Å². The number of aromatic hydroxyl groups is 1. The summed E-state index contributed by atoms with van der Waals surface area (Å²) in [6.07, 6.45) is 0. The molecule has 0 radical (unpaired) electrons. The molecular weight excluding hydrogens is 354 g/mol. The van der Waals surface area contributed by atoms with E-state index in [9.17, 15) is 9.90 Å². The Kier molecular flexibility index (Phi) is 4.72. The molecule has 5 nitrogen and oxygen atoms in total. The Hall–Kier alpha value is -3.73. The second-order valence-corrected chi connectivity index (χ2v) is 6.38. The van der Waals surface area contributed by atoms with E-state index in [2.05, 4.69) is 0 Å². The third-order valence-electron chi connectivity index (χ3n) is 4.58. The fourth-order valence-corrected chi connectivity index (χ4v) is 3.10. The molecule has 0 atom stereocenters. The lowest BCUT2D eigenvalue weighted by molar-refractivity contribution is 0.0990. The first-order valence-electron chi connectivity index (χ1n) is 8.86. The summed E-state index contributed by atoms with van der Waals surface area (Å²) >= 11 is 0. The summed E-state index contributed by atoms with van der Waals surface area (Å²) in [4.78, 5) is 18.1. The number of fused-ring (bicyclic) bond motifs is 1. The quantitative estimate of drug-likeness (QED) is 0.574. The lowest BCUT2D eigenvalue weighted by Gasteiger charge is -2.13. The van der Waals surface area contributed by atoms with Gasteiger partial charge < -0.3 is 14.7 Å². The molecule has 0 aliphatic rings. The van der Waals surface area contributed by atoms with Gasteiger partial charge in [0.05, 0.1) is 12.6 Å². The van der Waals surface area contributed by atoms with Gasteiger partial charge in [-0.15, -0.1) is 4.73 Å². The first-order chi connectivity index (χ1) is 13.7. The molecule has 0 fully saturated rings. The Morgan fingerprint density at radius 2 is 1.61 bits per heavy atom. The van der Waals surface area contributed by atoms with E-state index in [1.807, 2.05) is 66.7 Å². The molecule has 28 heavy (non-hydrogen) atoms. The summed E-state index contributed by atoms with van der Waals surface area (Å²) in [6, 6.07) is 23.9. The predicted molar refractivity (Wildman–Crippen MR) is 109 cm³/mol. The first kappa shape index (κ1) is 17.7. The van der Waals surface area contributed by atoms with Gasteiger partial charge in [0.15, 0.2) is 0 Å². The van der Waals surface area contributed by atoms with Gasteiger partial charge in [-0.05, 0) is 41.0 Å². The number of hydrogen-bond acceptors (Lipinski definition) is 4. The van der Waals surface area contributed by atoms with Crippen LogP contribution in [-0.4, -0.2) is 16.9 Å². The molecule has 1 heterocycles. The molecule has 140 valence electrons. The van der Waals surface area contributed by atoms with Crippen molar-refractivity contribution in [2.75, 3.05) is 7.11 Å². The molecule has 0 unspecified atom stereocenters. The second-order valence-electron chi connectivity index (χ2n) is 6.38. The number of nitrogens with zero attached hydrogens (tertiary/aromatic N) is 1. The van der Waals surface area contributed by atoms with Gasteiger partial charge >= 0.3 is 0 Å². The van der Waals surface area contributed by atoms with Crippen LogP contribution in [0.2, 0.25) is 0 Å². The number of hydrogen-bond donors (Lipinski definition) is 1. The number of ether oxygens (including phenoxy) is 1. The van der Waals surface area contributed by atoms with E-state index in [4.69, 9.17) is 9.57 Å². The Balaban J connectivity index is 1.73. The van der Waals surface area contributed by atoms with Crippen molar-refractivity contribution in [1.82, 2.24) is 4.73 Å². The lowest BCUT2D eigenvalue weighted by Crippen LogP contribution is -2.26. The Morgan fingerprint density at radius 3 is 2.32 bits per heavy atom. The van der Waals surface area contributed by atoms with E-state index in [1.165, 1.54) is 10.8 Å². The van der Waals surface area contributed by atoms with Crippen LogP contribution in [0.5, 0.6) is 11.5 Å². The van der Waals surface area contributed by atoms with Gasteiger partial charge in [0.25, 0.3) is 5.56 Å². The molecule has 0 aliphatic heterocycles. The van der Waals surface area contributed by atoms with Crippen LogP contribution >= 0.6 is 0 Å². The van der Waals surface area contributed by atoms with Gasteiger partial charge in [-0.25, -0.2) is 0 Å². The van der Waals surface area contributed by atoms with E-state index < -0.39 is 5.56 Å². The zero-order chi connectivity index (χ0) is 19.5. The van der Waals surface area contributed by atoms with E-state index in [0.717, 1.165) is 22.4 Å². The maximum atomic E-state index is 12.4. The normalized spacial score (nSPS) is 10.8. The molecule has 1 aromatic heterocycles. The highest BCUT2D eigenvalue weighted by atomic mass is 16.7. The molecule has 0 spiro atoms. The standard InChI is InChI=1S/C23H19NO4/c1-27-19-10-7-17(8-11-19)18-9-12-21-20(13-18)22(25)14-23(26)24(21)28-15-16-5-3-2-4-6-16/h2-14,25H,15H2,1H3. The van der Waals surface area contributed by atoms with Crippen LogP contribution in [0, 0.1) is 0 Å². The number of aromatic nitrogens is 1. The smallest absolute Gasteiger partial charge is 0.287 e. The molecule has 3 aromatic carbocycles. The van der Waals surface area contributed by atoms with Crippen molar-refractivity contribution >= 4 is 10.9 Å². The van der Waals surface area contributed by atoms with E-state index in [0.29, 0.717) is 10.9 Å². The average Bonchev–Trinajstić information content (AvgIpc) is 2.74. The molecular formula is C23H19NO4. The van der Waals surface area contributed by atoms with E-state index in [1.54, 1.807) is 13.2 Å². The maximum absolute atomic E-state index is 12.4. The van der Waals surface area contributed by atoms with Crippen LogP contribution in [0.3, 0.4) is 0 Å². The molecule has 1 N–H and O–H groups in total. The van der Waals surface area contributed by atoms with Gasteiger partial charge in [-0.2, -0.15) is 0 Å². The van der Waals surface area contributed by atoms with E-state index >= 15 is 0 Å². The minimum Gasteiger partial charge on any atom is -0.507 e. The molecule has 0 bridgehead atoms. The number of benzene rings is 3. The molecule has 4 aromatic rings. The van der Waals surface area contributed by atoms with Gasteiger partial charge in [0.1, 0.15) is 18.1 Å². The van der Waals surface area contributed by atoms with Crippen LogP contribution in [-0.2, 0) is 6.61 Å². The monoisotopic (exact) mass is 373 g/mol.